The molecule has 1 amide bonds. The first-order valence-electron chi connectivity index (χ1n) is 6.84. The van der Waals surface area contributed by atoms with Crippen LogP contribution in [0.25, 0.3) is 0 Å². The van der Waals surface area contributed by atoms with Gasteiger partial charge < -0.3 is 4.90 Å². The standard InChI is InChI=1S/C16H19NO2S2/c1-11-8-9-20-15(11)10-17(3)16(19)7-5-13(18)14-6-4-12(2)21-14/h4,6,8-9H,5,7,10H2,1-3H3. The number of hydrogen-bond acceptors (Lipinski definition) is 4. The van der Waals surface area contributed by atoms with Crippen molar-refractivity contribution in [3.63, 3.8) is 0 Å². The number of carbonyl (C=O) groups excluding carboxylic acids is 2. The van der Waals surface area contributed by atoms with Crippen LogP contribution in [0.3, 0.4) is 0 Å². The maximum atomic E-state index is 12.1. The summed E-state index contributed by atoms with van der Waals surface area (Å²) in [5, 5.41) is 2.03. The minimum atomic E-state index is 0.0180. The lowest BCUT2D eigenvalue weighted by Gasteiger charge is -2.16. The molecule has 2 aromatic heterocycles. The first-order valence-corrected chi connectivity index (χ1v) is 8.53. The molecule has 0 saturated carbocycles. The van der Waals surface area contributed by atoms with Crippen molar-refractivity contribution in [1.29, 1.82) is 0 Å². The highest BCUT2D eigenvalue weighted by Crippen LogP contribution is 2.19. The summed E-state index contributed by atoms with van der Waals surface area (Å²) in [6, 6.07) is 5.83. The van der Waals surface area contributed by atoms with Gasteiger partial charge in [0.2, 0.25) is 5.91 Å². The van der Waals surface area contributed by atoms with Crippen LogP contribution in [-0.4, -0.2) is 23.6 Å². The van der Waals surface area contributed by atoms with Crippen LogP contribution in [0.4, 0.5) is 0 Å². The van der Waals surface area contributed by atoms with E-state index in [1.807, 2.05) is 31.4 Å². The highest BCUT2D eigenvalue weighted by atomic mass is 32.1. The van der Waals surface area contributed by atoms with Crippen LogP contribution < -0.4 is 0 Å². The van der Waals surface area contributed by atoms with Crippen molar-refractivity contribution in [3.8, 4) is 0 Å². The Balaban J connectivity index is 1.84. The van der Waals surface area contributed by atoms with Crippen LogP contribution in [-0.2, 0) is 11.3 Å². The second kappa shape index (κ2) is 7.00. The third-order valence-corrected chi connectivity index (χ3v) is 5.41. The minimum absolute atomic E-state index is 0.0180. The fourth-order valence-electron chi connectivity index (χ4n) is 1.99. The normalized spacial score (nSPS) is 10.6. The summed E-state index contributed by atoms with van der Waals surface area (Å²) in [6.45, 7) is 4.64. The Morgan fingerprint density at radius 3 is 2.48 bits per heavy atom. The Morgan fingerprint density at radius 2 is 1.90 bits per heavy atom. The SMILES string of the molecule is Cc1ccc(C(=O)CCC(=O)N(C)Cc2sccc2C)s1. The van der Waals surface area contributed by atoms with Gasteiger partial charge in [-0.1, -0.05) is 0 Å². The average molecular weight is 321 g/mol. The highest BCUT2D eigenvalue weighted by molar-refractivity contribution is 7.14. The van der Waals surface area contributed by atoms with Crippen molar-refractivity contribution in [2.45, 2.75) is 33.2 Å². The molecular formula is C16H19NO2S2. The van der Waals surface area contributed by atoms with E-state index in [1.54, 1.807) is 23.3 Å². The van der Waals surface area contributed by atoms with Crippen molar-refractivity contribution in [2.24, 2.45) is 0 Å². The Labute approximate surface area is 133 Å². The van der Waals surface area contributed by atoms with Crippen molar-refractivity contribution < 1.29 is 9.59 Å². The highest BCUT2D eigenvalue weighted by Gasteiger charge is 2.15. The predicted molar refractivity (Wildman–Crippen MR) is 88.2 cm³/mol. The van der Waals surface area contributed by atoms with Crippen LogP contribution >= 0.6 is 22.7 Å². The molecule has 0 N–H and O–H groups in total. The van der Waals surface area contributed by atoms with Gasteiger partial charge in [0.25, 0.3) is 0 Å². The molecule has 0 saturated heterocycles. The van der Waals surface area contributed by atoms with Gasteiger partial charge in [0.05, 0.1) is 11.4 Å². The van der Waals surface area contributed by atoms with Gasteiger partial charge in [0.1, 0.15) is 0 Å². The van der Waals surface area contributed by atoms with Crippen LogP contribution in [0.15, 0.2) is 23.6 Å². The number of hydrogen-bond donors (Lipinski definition) is 0. The molecule has 0 spiro atoms. The summed E-state index contributed by atoms with van der Waals surface area (Å²) in [6.07, 6.45) is 0.559. The van der Waals surface area contributed by atoms with Gasteiger partial charge in [-0.05, 0) is 43.0 Å². The number of Topliss-reactive ketones (excluding diaryl/α,β-unsaturated/α-hetero) is 1. The molecule has 0 bridgehead atoms. The molecule has 0 aliphatic heterocycles. The van der Waals surface area contributed by atoms with E-state index in [1.165, 1.54) is 21.8 Å². The lowest BCUT2D eigenvalue weighted by atomic mass is 10.2. The molecule has 112 valence electrons. The maximum absolute atomic E-state index is 12.1. The van der Waals surface area contributed by atoms with E-state index < -0.39 is 0 Å². The maximum Gasteiger partial charge on any atom is 0.223 e. The van der Waals surface area contributed by atoms with E-state index in [2.05, 4.69) is 6.07 Å². The summed E-state index contributed by atoms with van der Waals surface area (Å²) in [7, 11) is 1.79. The largest absolute Gasteiger partial charge is 0.341 e. The molecule has 2 aromatic rings. The first kappa shape index (κ1) is 15.9. The number of carbonyl (C=O) groups is 2. The van der Waals surface area contributed by atoms with Gasteiger partial charge in [-0.3, -0.25) is 9.59 Å². The van der Waals surface area contributed by atoms with Crippen molar-refractivity contribution in [3.05, 3.63) is 43.8 Å². The minimum Gasteiger partial charge on any atom is -0.341 e. The smallest absolute Gasteiger partial charge is 0.223 e. The van der Waals surface area contributed by atoms with Gasteiger partial charge in [-0.2, -0.15) is 0 Å². The Hall–Kier alpha value is -1.46. The number of amides is 1. The Morgan fingerprint density at radius 1 is 1.14 bits per heavy atom. The topological polar surface area (TPSA) is 37.4 Å². The van der Waals surface area contributed by atoms with Gasteiger partial charge in [-0.15, -0.1) is 22.7 Å². The molecule has 0 atom stereocenters. The van der Waals surface area contributed by atoms with Crippen LogP contribution in [0.1, 0.15) is 37.8 Å². The molecule has 21 heavy (non-hydrogen) atoms. The average Bonchev–Trinajstić information content (AvgIpc) is 3.05. The Kier molecular flexibility index (Phi) is 5.31. The van der Waals surface area contributed by atoms with Crippen molar-refractivity contribution >= 4 is 34.4 Å². The number of ketones is 1. The van der Waals surface area contributed by atoms with E-state index in [4.69, 9.17) is 0 Å². The third kappa shape index (κ3) is 4.25. The lowest BCUT2D eigenvalue weighted by Crippen LogP contribution is -2.26. The van der Waals surface area contributed by atoms with Gasteiger partial charge in [0.15, 0.2) is 5.78 Å². The molecule has 2 heterocycles. The second-order valence-electron chi connectivity index (χ2n) is 5.11. The van der Waals surface area contributed by atoms with E-state index in [0.717, 1.165) is 9.75 Å². The molecule has 0 aliphatic carbocycles. The fraction of sp³-hybridized carbons (Fsp3) is 0.375. The van der Waals surface area contributed by atoms with Crippen LogP contribution in [0, 0.1) is 13.8 Å². The number of rotatable bonds is 6. The summed E-state index contributed by atoms with van der Waals surface area (Å²) >= 11 is 3.15. The van der Waals surface area contributed by atoms with E-state index in [0.29, 0.717) is 6.54 Å². The summed E-state index contributed by atoms with van der Waals surface area (Å²) in [5.74, 6) is 0.0755. The quantitative estimate of drug-likeness (QED) is 0.753. The molecule has 0 radical (unpaired) electrons. The third-order valence-electron chi connectivity index (χ3n) is 3.36. The van der Waals surface area contributed by atoms with Crippen LogP contribution in [0.2, 0.25) is 0 Å². The monoisotopic (exact) mass is 321 g/mol. The van der Waals surface area contributed by atoms with Gasteiger partial charge in [0, 0.05) is 29.6 Å². The van der Waals surface area contributed by atoms with Crippen LogP contribution in [0.5, 0.6) is 0 Å². The molecule has 5 heteroatoms. The number of nitrogens with zero attached hydrogens (tertiary/aromatic N) is 1. The zero-order valence-corrected chi connectivity index (χ0v) is 14.1. The second-order valence-corrected chi connectivity index (χ2v) is 7.40. The number of thiophene rings is 2. The summed E-state index contributed by atoms with van der Waals surface area (Å²) < 4.78 is 0. The molecule has 0 fully saturated rings. The molecule has 0 aromatic carbocycles. The van der Waals surface area contributed by atoms with Crippen molar-refractivity contribution in [1.82, 2.24) is 4.90 Å². The first-order chi connectivity index (χ1) is 9.97. The molecule has 2 rings (SSSR count). The molecule has 0 unspecified atom stereocenters. The fourth-order valence-corrected chi connectivity index (χ4v) is 3.78. The lowest BCUT2D eigenvalue weighted by molar-refractivity contribution is -0.130. The predicted octanol–water partition coefficient (Wildman–Crippen LogP) is 4.05. The molecule has 0 aliphatic rings. The van der Waals surface area contributed by atoms with Gasteiger partial charge >= 0.3 is 0 Å². The van der Waals surface area contributed by atoms with E-state index in [-0.39, 0.29) is 24.5 Å². The van der Waals surface area contributed by atoms with Crippen molar-refractivity contribution in [2.75, 3.05) is 7.05 Å². The zero-order valence-electron chi connectivity index (χ0n) is 12.5. The number of aryl methyl sites for hydroxylation is 2. The zero-order chi connectivity index (χ0) is 15.4. The van der Waals surface area contributed by atoms with Gasteiger partial charge in [-0.25, -0.2) is 0 Å². The molecular weight excluding hydrogens is 302 g/mol. The van der Waals surface area contributed by atoms with E-state index >= 15 is 0 Å². The summed E-state index contributed by atoms with van der Waals surface area (Å²) in [5.41, 5.74) is 1.21. The Bertz CT molecular complexity index is 642. The molecule has 3 nitrogen and oxygen atoms in total. The van der Waals surface area contributed by atoms with E-state index in [9.17, 15) is 9.59 Å². The summed E-state index contributed by atoms with van der Waals surface area (Å²) in [4.78, 5) is 28.9.